The van der Waals surface area contributed by atoms with E-state index in [1.165, 1.54) is 37.4 Å². The van der Waals surface area contributed by atoms with E-state index in [9.17, 15) is 0 Å². The summed E-state index contributed by atoms with van der Waals surface area (Å²) < 4.78 is 0. The van der Waals surface area contributed by atoms with Crippen molar-refractivity contribution in [3.8, 4) is 0 Å². The second-order valence-corrected chi connectivity index (χ2v) is 5.55. The number of hydrogen-bond donors (Lipinski definition) is 1. The van der Waals surface area contributed by atoms with Crippen molar-refractivity contribution in [2.75, 3.05) is 31.1 Å². The number of thioether (sulfide) groups is 1. The Morgan fingerprint density at radius 3 is 2.93 bits per heavy atom. The molecule has 0 bridgehead atoms. The molecule has 2 unspecified atom stereocenters. The summed E-state index contributed by atoms with van der Waals surface area (Å²) in [6.07, 6.45) is 2.72. The van der Waals surface area contributed by atoms with Gasteiger partial charge in [0.1, 0.15) is 0 Å². The average molecular weight is 216 g/mol. The number of nitrogens with zero attached hydrogens (tertiary/aromatic N) is 1. The predicted octanol–water partition coefficient (Wildman–Crippen LogP) is 1.80. The van der Waals surface area contributed by atoms with Crippen LogP contribution in [0, 0.1) is 5.92 Å². The Morgan fingerprint density at radius 2 is 2.29 bits per heavy atom. The first kappa shape index (κ1) is 12.3. The first-order valence-corrected chi connectivity index (χ1v) is 6.97. The van der Waals surface area contributed by atoms with Crippen molar-refractivity contribution in [1.29, 1.82) is 0 Å². The largest absolute Gasteiger partial charge is 0.329 e. The zero-order chi connectivity index (χ0) is 10.4. The van der Waals surface area contributed by atoms with Gasteiger partial charge in [-0.25, -0.2) is 0 Å². The van der Waals surface area contributed by atoms with Crippen LogP contribution in [-0.4, -0.2) is 42.1 Å². The summed E-state index contributed by atoms with van der Waals surface area (Å²) in [5.74, 6) is 3.29. The van der Waals surface area contributed by atoms with E-state index in [0.717, 1.165) is 12.5 Å². The molecule has 0 aromatic heterocycles. The molecule has 14 heavy (non-hydrogen) atoms. The molecule has 1 heterocycles. The smallest absolute Gasteiger partial charge is 0.0244 e. The van der Waals surface area contributed by atoms with Gasteiger partial charge in [0.25, 0.3) is 0 Å². The molecule has 2 atom stereocenters. The number of rotatable bonds is 5. The number of hydrogen-bond acceptors (Lipinski definition) is 3. The third-order valence-corrected chi connectivity index (χ3v) is 4.08. The van der Waals surface area contributed by atoms with Gasteiger partial charge in [0, 0.05) is 24.9 Å². The summed E-state index contributed by atoms with van der Waals surface area (Å²) in [4.78, 5) is 2.59. The normalized spacial score (nSPS) is 29.4. The van der Waals surface area contributed by atoms with Crippen molar-refractivity contribution in [3.63, 3.8) is 0 Å². The molecular formula is C11H24N2S. The van der Waals surface area contributed by atoms with Crippen LogP contribution in [0.3, 0.4) is 0 Å². The lowest BCUT2D eigenvalue weighted by Gasteiger charge is -2.39. The summed E-state index contributed by atoms with van der Waals surface area (Å²) in [6.45, 7) is 7.89. The Balaban J connectivity index is 2.32. The molecule has 1 saturated heterocycles. The fraction of sp³-hybridized carbons (Fsp3) is 1.00. The van der Waals surface area contributed by atoms with E-state index >= 15 is 0 Å². The molecular weight excluding hydrogens is 192 g/mol. The zero-order valence-electron chi connectivity index (χ0n) is 9.54. The maximum absolute atomic E-state index is 5.84. The van der Waals surface area contributed by atoms with E-state index in [0.29, 0.717) is 6.04 Å². The standard InChI is InChI=1S/C11H24N2S/c1-3-14-8-7-13-6-4-5-10(2)11(13)9-12/h10-11H,3-9,12H2,1-2H3. The van der Waals surface area contributed by atoms with Crippen LogP contribution in [0.4, 0.5) is 0 Å². The molecule has 0 aromatic rings. The summed E-state index contributed by atoms with van der Waals surface area (Å²) >= 11 is 2.03. The van der Waals surface area contributed by atoms with Crippen molar-refractivity contribution in [2.24, 2.45) is 11.7 Å². The van der Waals surface area contributed by atoms with Crippen LogP contribution in [0.2, 0.25) is 0 Å². The van der Waals surface area contributed by atoms with Gasteiger partial charge < -0.3 is 5.73 Å². The third kappa shape index (κ3) is 3.44. The van der Waals surface area contributed by atoms with Crippen LogP contribution in [-0.2, 0) is 0 Å². The fourth-order valence-electron chi connectivity index (χ4n) is 2.32. The van der Waals surface area contributed by atoms with Gasteiger partial charge in [0.05, 0.1) is 0 Å². The Morgan fingerprint density at radius 1 is 1.50 bits per heavy atom. The summed E-state index contributed by atoms with van der Waals surface area (Å²) in [5, 5.41) is 0. The van der Waals surface area contributed by atoms with E-state index in [4.69, 9.17) is 5.73 Å². The molecule has 0 amide bonds. The summed E-state index contributed by atoms with van der Waals surface area (Å²) in [5.41, 5.74) is 5.84. The molecule has 3 heteroatoms. The van der Waals surface area contributed by atoms with E-state index in [1.807, 2.05) is 11.8 Å². The van der Waals surface area contributed by atoms with Gasteiger partial charge in [-0.05, 0) is 31.1 Å². The van der Waals surface area contributed by atoms with Crippen molar-refractivity contribution < 1.29 is 0 Å². The lowest BCUT2D eigenvalue weighted by atomic mass is 9.91. The molecule has 1 fully saturated rings. The number of likely N-dealkylation sites (tertiary alicyclic amines) is 1. The number of piperidine rings is 1. The van der Waals surface area contributed by atoms with Gasteiger partial charge in [-0.1, -0.05) is 13.8 Å². The van der Waals surface area contributed by atoms with Gasteiger partial charge in [-0.2, -0.15) is 11.8 Å². The van der Waals surface area contributed by atoms with Crippen LogP contribution in [0.5, 0.6) is 0 Å². The van der Waals surface area contributed by atoms with E-state index in [-0.39, 0.29) is 0 Å². The van der Waals surface area contributed by atoms with Gasteiger partial charge >= 0.3 is 0 Å². The molecule has 0 saturated carbocycles. The Labute approximate surface area is 92.6 Å². The second kappa shape index (κ2) is 6.70. The maximum Gasteiger partial charge on any atom is 0.0244 e. The highest BCUT2D eigenvalue weighted by Gasteiger charge is 2.26. The topological polar surface area (TPSA) is 29.3 Å². The molecule has 0 aliphatic carbocycles. The summed E-state index contributed by atoms with van der Waals surface area (Å²) in [6, 6.07) is 0.640. The predicted molar refractivity (Wildman–Crippen MR) is 65.8 cm³/mol. The Hall–Kier alpha value is 0.270. The zero-order valence-corrected chi connectivity index (χ0v) is 10.4. The van der Waals surface area contributed by atoms with Crippen LogP contribution >= 0.6 is 11.8 Å². The molecule has 2 N–H and O–H groups in total. The van der Waals surface area contributed by atoms with Crippen LogP contribution in [0.15, 0.2) is 0 Å². The third-order valence-electron chi connectivity index (χ3n) is 3.20. The molecule has 1 rings (SSSR count). The molecule has 0 aromatic carbocycles. The monoisotopic (exact) mass is 216 g/mol. The molecule has 0 spiro atoms. The van der Waals surface area contributed by atoms with Crippen molar-refractivity contribution >= 4 is 11.8 Å². The van der Waals surface area contributed by atoms with E-state index in [2.05, 4.69) is 18.7 Å². The Bertz CT molecular complexity index is 152. The molecule has 1 aliphatic rings. The molecule has 1 aliphatic heterocycles. The lowest BCUT2D eigenvalue weighted by Crippen LogP contribution is -2.49. The minimum Gasteiger partial charge on any atom is -0.329 e. The fourth-order valence-corrected chi connectivity index (χ4v) is 2.97. The number of nitrogens with two attached hydrogens (primary N) is 1. The highest BCUT2D eigenvalue weighted by atomic mass is 32.2. The minimum absolute atomic E-state index is 0.640. The van der Waals surface area contributed by atoms with Crippen LogP contribution in [0.1, 0.15) is 26.7 Å². The average Bonchev–Trinajstić information content (AvgIpc) is 2.18. The second-order valence-electron chi connectivity index (χ2n) is 4.16. The highest BCUT2D eigenvalue weighted by Crippen LogP contribution is 2.22. The molecule has 84 valence electrons. The minimum atomic E-state index is 0.640. The first-order valence-electron chi connectivity index (χ1n) is 5.81. The SMILES string of the molecule is CCSCCN1CCCC(C)C1CN. The van der Waals surface area contributed by atoms with Crippen LogP contribution in [0.25, 0.3) is 0 Å². The van der Waals surface area contributed by atoms with Gasteiger partial charge in [-0.3, -0.25) is 4.90 Å². The Kier molecular flexibility index (Phi) is 5.90. The van der Waals surface area contributed by atoms with Gasteiger partial charge in [0.15, 0.2) is 0 Å². The van der Waals surface area contributed by atoms with E-state index in [1.54, 1.807) is 0 Å². The van der Waals surface area contributed by atoms with Gasteiger partial charge in [0.2, 0.25) is 0 Å². The van der Waals surface area contributed by atoms with Crippen LogP contribution < -0.4 is 5.73 Å². The van der Waals surface area contributed by atoms with Gasteiger partial charge in [-0.15, -0.1) is 0 Å². The molecule has 0 radical (unpaired) electrons. The lowest BCUT2D eigenvalue weighted by molar-refractivity contribution is 0.114. The van der Waals surface area contributed by atoms with Crippen molar-refractivity contribution in [1.82, 2.24) is 4.90 Å². The molecule has 2 nitrogen and oxygen atoms in total. The summed E-state index contributed by atoms with van der Waals surface area (Å²) in [7, 11) is 0. The maximum atomic E-state index is 5.84. The van der Waals surface area contributed by atoms with Crippen molar-refractivity contribution in [3.05, 3.63) is 0 Å². The van der Waals surface area contributed by atoms with E-state index < -0.39 is 0 Å². The van der Waals surface area contributed by atoms with Crippen molar-refractivity contribution in [2.45, 2.75) is 32.7 Å². The first-order chi connectivity index (χ1) is 6.79. The quantitative estimate of drug-likeness (QED) is 0.711. The highest BCUT2D eigenvalue weighted by molar-refractivity contribution is 7.99.